The molecular formula is C29H49ClO2. The second kappa shape index (κ2) is 9.79. The summed E-state index contributed by atoms with van der Waals surface area (Å²) in [4.78, 5) is 11.3. The molecule has 9 unspecified atom stereocenters. The molecule has 0 aliphatic heterocycles. The van der Waals surface area contributed by atoms with Crippen molar-refractivity contribution in [1.29, 1.82) is 0 Å². The first-order valence-electron chi connectivity index (χ1n) is 14.0. The normalized spacial score (nSPS) is 44.5. The molecule has 0 aromatic carbocycles. The van der Waals surface area contributed by atoms with E-state index in [4.69, 9.17) is 16.3 Å². The Kier molecular flexibility index (Phi) is 7.61. The highest BCUT2D eigenvalue weighted by atomic mass is 35.5. The second-order valence-corrected chi connectivity index (χ2v) is 13.6. The van der Waals surface area contributed by atoms with Gasteiger partial charge in [0, 0.05) is 11.6 Å². The van der Waals surface area contributed by atoms with Gasteiger partial charge >= 0.3 is 5.43 Å². The van der Waals surface area contributed by atoms with Crippen molar-refractivity contribution in [1.82, 2.24) is 0 Å². The van der Waals surface area contributed by atoms with Crippen molar-refractivity contribution in [2.75, 3.05) is 0 Å². The summed E-state index contributed by atoms with van der Waals surface area (Å²) in [6, 6.07) is 0. The molecular weight excluding hydrogens is 416 g/mol. The van der Waals surface area contributed by atoms with E-state index in [1.165, 1.54) is 70.6 Å². The lowest BCUT2D eigenvalue weighted by Gasteiger charge is -2.61. The largest absolute Gasteiger partial charge is 0.450 e. The first-order chi connectivity index (χ1) is 15.1. The van der Waals surface area contributed by atoms with Crippen LogP contribution in [0.4, 0.5) is 4.79 Å². The van der Waals surface area contributed by atoms with E-state index in [0.717, 1.165) is 48.3 Å². The lowest BCUT2D eigenvalue weighted by molar-refractivity contribution is -0.128. The maximum absolute atomic E-state index is 11.3. The molecule has 0 bridgehead atoms. The minimum absolute atomic E-state index is 0.0517. The van der Waals surface area contributed by atoms with Crippen molar-refractivity contribution < 1.29 is 9.53 Å². The Balaban J connectivity index is 1.40. The van der Waals surface area contributed by atoms with Gasteiger partial charge in [-0.05, 0) is 110 Å². The van der Waals surface area contributed by atoms with Crippen LogP contribution in [0.1, 0.15) is 118 Å². The summed E-state index contributed by atoms with van der Waals surface area (Å²) >= 11 is 5.54. The Morgan fingerprint density at radius 3 is 2.31 bits per heavy atom. The van der Waals surface area contributed by atoms with Crippen LogP contribution in [0.25, 0.3) is 0 Å². The third-order valence-corrected chi connectivity index (χ3v) is 11.4. The molecule has 4 aliphatic rings. The van der Waals surface area contributed by atoms with Crippen molar-refractivity contribution in [2.45, 2.75) is 124 Å². The predicted molar refractivity (Wildman–Crippen MR) is 134 cm³/mol. The quantitative estimate of drug-likeness (QED) is 0.277. The minimum Gasteiger partial charge on any atom is -0.450 e. The van der Waals surface area contributed by atoms with Crippen LogP contribution in [0.2, 0.25) is 0 Å². The molecule has 2 nitrogen and oxygen atoms in total. The fourth-order valence-corrected chi connectivity index (χ4v) is 9.78. The van der Waals surface area contributed by atoms with Gasteiger partial charge in [-0.25, -0.2) is 4.79 Å². The Hall–Kier alpha value is -0.240. The average molecular weight is 465 g/mol. The van der Waals surface area contributed by atoms with E-state index in [1.54, 1.807) is 0 Å². The number of rotatable bonds is 7. The number of halogens is 1. The molecule has 0 heterocycles. The van der Waals surface area contributed by atoms with Gasteiger partial charge in [0.2, 0.25) is 0 Å². The molecule has 0 radical (unpaired) electrons. The summed E-state index contributed by atoms with van der Waals surface area (Å²) in [5, 5.41) is 0. The van der Waals surface area contributed by atoms with Crippen LogP contribution < -0.4 is 0 Å². The zero-order valence-electron chi connectivity index (χ0n) is 21.5. The van der Waals surface area contributed by atoms with Gasteiger partial charge in [-0.2, -0.15) is 0 Å². The Morgan fingerprint density at radius 1 is 0.906 bits per heavy atom. The first kappa shape index (κ1) is 24.9. The topological polar surface area (TPSA) is 26.3 Å². The van der Waals surface area contributed by atoms with E-state index in [1.807, 2.05) is 0 Å². The molecule has 0 saturated heterocycles. The molecule has 0 spiro atoms. The van der Waals surface area contributed by atoms with E-state index >= 15 is 0 Å². The van der Waals surface area contributed by atoms with Gasteiger partial charge in [0.15, 0.2) is 0 Å². The molecule has 184 valence electrons. The number of ether oxygens (including phenoxy) is 1. The SMILES string of the molecule is CC(C)CCCCC(C)C1CCC2C3CCC4CC(OC(=O)Cl)CCC4(C)C3CCC12C. The maximum Gasteiger partial charge on any atom is 0.404 e. The van der Waals surface area contributed by atoms with E-state index < -0.39 is 5.43 Å². The molecule has 9 atom stereocenters. The number of hydrogen-bond donors (Lipinski definition) is 0. The summed E-state index contributed by atoms with van der Waals surface area (Å²) in [5.41, 5.74) is 0.406. The molecule has 4 fully saturated rings. The van der Waals surface area contributed by atoms with Gasteiger partial charge in [0.05, 0.1) is 0 Å². The molecule has 3 heteroatoms. The summed E-state index contributed by atoms with van der Waals surface area (Å²) in [5.74, 6) is 6.15. The monoisotopic (exact) mass is 464 g/mol. The first-order valence-corrected chi connectivity index (χ1v) is 14.4. The smallest absolute Gasteiger partial charge is 0.404 e. The Labute approximate surface area is 203 Å². The molecule has 0 N–H and O–H groups in total. The maximum atomic E-state index is 11.3. The number of hydrogen-bond acceptors (Lipinski definition) is 2. The highest BCUT2D eigenvalue weighted by Gasteiger charge is 2.60. The van der Waals surface area contributed by atoms with Gasteiger partial charge in [-0.15, -0.1) is 0 Å². The second-order valence-electron chi connectivity index (χ2n) is 13.3. The van der Waals surface area contributed by atoms with Gasteiger partial charge in [0.25, 0.3) is 0 Å². The summed E-state index contributed by atoms with van der Waals surface area (Å²) < 4.78 is 5.43. The number of unbranched alkanes of at least 4 members (excludes halogenated alkanes) is 1. The Bertz CT molecular complexity index is 662. The lowest BCUT2D eigenvalue weighted by Crippen LogP contribution is -2.54. The summed E-state index contributed by atoms with van der Waals surface area (Å²) in [6.07, 6.45) is 17.6. The van der Waals surface area contributed by atoms with Crippen LogP contribution in [0, 0.1) is 52.3 Å². The molecule has 4 aliphatic carbocycles. The molecule has 0 amide bonds. The third-order valence-electron chi connectivity index (χ3n) is 11.3. The van der Waals surface area contributed by atoms with E-state index in [9.17, 15) is 4.79 Å². The summed E-state index contributed by atoms with van der Waals surface area (Å²) in [7, 11) is 0. The van der Waals surface area contributed by atoms with E-state index in [-0.39, 0.29) is 6.10 Å². The number of carbonyl (C=O) groups excluding carboxylic acids is 1. The van der Waals surface area contributed by atoms with Crippen molar-refractivity contribution >= 4 is 17.0 Å². The lowest BCUT2D eigenvalue weighted by atomic mass is 9.44. The van der Waals surface area contributed by atoms with Crippen molar-refractivity contribution in [3.8, 4) is 0 Å². The van der Waals surface area contributed by atoms with Gasteiger partial charge in [0.1, 0.15) is 6.10 Å². The molecule has 32 heavy (non-hydrogen) atoms. The average Bonchev–Trinajstić information content (AvgIpc) is 3.08. The van der Waals surface area contributed by atoms with Crippen LogP contribution in [-0.4, -0.2) is 11.5 Å². The van der Waals surface area contributed by atoms with Gasteiger partial charge < -0.3 is 4.74 Å². The van der Waals surface area contributed by atoms with E-state index in [2.05, 4.69) is 34.6 Å². The van der Waals surface area contributed by atoms with Crippen LogP contribution in [-0.2, 0) is 4.74 Å². The zero-order chi connectivity index (χ0) is 23.1. The number of carbonyl (C=O) groups is 1. The summed E-state index contributed by atoms with van der Waals surface area (Å²) in [6.45, 7) is 12.6. The highest BCUT2D eigenvalue weighted by Crippen LogP contribution is 2.68. The zero-order valence-corrected chi connectivity index (χ0v) is 22.3. The van der Waals surface area contributed by atoms with E-state index in [0.29, 0.717) is 16.7 Å². The number of fused-ring (bicyclic) bond motifs is 5. The fraction of sp³-hybridized carbons (Fsp3) is 0.966. The van der Waals surface area contributed by atoms with Crippen LogP contribution in [0.5, 0.6) is 0 Å². The third kappa shape index (κ3) is 4.65. The molecule has 0 aromatic rings. The van der Waals surface area contributed by atoms with Gasteiger partial charge in [-0.3, -0.25) is 0 Å². The molecule has 4 saturated carbocycles. The molecule has 4 rings (SSSR count). The highest BCUT2D eigenvalue weighted by molar-refractivity contribution is 6.61. The van der Waals surface area contributed by atoms with Crippen LogP contribution in [0.15, 0.2) is 0 Å². The predicted octanol–water partition coefficient (Wildman–Crippen LogP) is 9.24. The standard InChI is InChI=1S/C29H49ClO2/c1-19(2)8-6-7-9-20(3)24-12-13-25-23-11-10-21-18-22(32-27(30)31)14-16-28(21,4)26(23)15-17-29(24,25)5/h19-26H,6-18H2,1-5H3. The van der Waals surface area contributed by atoms with Crippen LogP contribution in [0.3, 0.4) is 0 Å². The minimum atomic E-state index is -0.615. The molecule has 0 aromatic heterocycles. The van der Waals surface area contributed by atoms with Crippen molar-refractivity contribution in [2.24, 2.45) is 52.3 Å². The van der Waals surface area contributed by atoms with Crippen molar-refractivity contribution in [3.05, 3.63) is 0 Å². The van der Waals surface area contributed by atoms with Crippen molar-refractivity contribution in [3.63, 3.8) is 0 Å². The Morgan fingerprint density at radius 2 is 1.59 bits per heavy atom. The van der Waals surface area contributed by atoms with Gasteiger partial charge in [-0.1, -0.05) is 60.3 Å². The van der Waals surface area contributed by atoms with Crippen LogP contribution >= 0.6 is 11.6 Å². The fourth-order valence-electron chi connectivity index (χ4n) is 9.65.